The number of Topliss-reactive ketones (excluding diaryl/α,β-unsaturated/α-hetero) is 1. The summed E-state index contributed by atoms with van der Waals surface area (Å²) in [6.45, 7) is 2.15. The highest BCUT2D eigenvalue weighted by Crippen LogP contribution is 2.16. The van der Waals surface area contributed by atoms with Gasteiger partial charge in [-0.05, 0) is 30.2 Å². The van der Waals surface area contributed by atoms with E-state index in [1.165, 1.54) is 12.8 Å². The molecule has 1 rings (SSSR count). The van der Waals surface area contributed by atoms with Gasteiger partial charge < -0.3 is 4.42 Å². The predicted molar refractivity (Wildman–Crippen MR) is 56.8 cm³/mol. The van der Waals surface area contributed by atoms with Crippen molar-refractivity contribution in [2.24, 2.45) is 0 Å². The van der Waals surface area contributed by atoms with Crippen LogP contribution >= 0.6 is 11.6 Å². The van der Waals surface area contributed by atoms with E-state index in [1.807, 2.05) is 0 Å². The summed E-state index contributed by atoms with van der Waals surface area (Å²) in [5.74, 6) is 0.430. The van der Waals surface area contributed by atoms with Gasteiger partial charge in [-0.2, -0.15) is 0 Å². The monoisotopic (exact) mass is 214 g/mol. The summed E-state index contributed by atoms with van der Waals surface area (Å²) in [5.41, 5.74) is 0. The van der Waals surface area contributed by atoms with Gasteiger partial charge in [0.05, 0.1) is 0 Å². The van der Waals surface area contributed by atoms with Crippen molar-refractivity contribution in [1.82, 2.24) is 0 Å². The normalized spacial score (nSPS) is 10.4. The van der Waals surface area contributed by atoms with Crippen LogP contribution in [-0.2, 0) is 0 Å². The maximum Gasteiger partial charge on any atom is 0.198 e. The van der Waals surface area contributed by atoms with Crippen LogP contribution in [0.4, 0.5) is 0 Å². The van der Waals surface area contributed by atoms with Crippen LogP contribution in [-0.4, -0.2) is 5.78 Å². The fraction of sp³-hybridized carbons (Fsp3) is 0.545. The molecule has 1 aromatic rings. The maximum absolute atomic E-state index is 11.5. The second-order valence-electron chi connectivity index (χ2n) is 3.34. The molecule has 0 N–H and O–H groups in total. The molecule has 1 heterocycles. The number of carbonyl (C=O) groups excluding carboxylic acids is 1. The molecule has 0 atom stereocenters. The van der Waals surface area contributed by atoms with E-state index in [9.17, 15) is 4.79 Å². The molecular weight excluding hydrogens is 200 g/mol. The molecule has 3 heteroatoms. The van der Waals surface area contributed by atoms with Gasteiger partial charge in [0, 0.05) is 6.42 Å². The van der Waals surface area contributed by atoms with Crippen LogP contribution in [0, 0.1) is 0 Å². The minimum absolute atomic E-state index is 0.0491. The van der Waals surface area contributed by atoms with Crippen LogP contribution in [0.3, 0.4) is 0 Å². The Morgan fingerprint density at radius 1 is 1.36 bits per heavy atom. The second kappa shape index (κ2) is 5.86. The Morgan fingerprint density at radius 3 is 2.71 bits per heavy atom. The summed E-state index contributed by atoms with van der Waals surface area (Å²) in [7, 11) is 0. The van der Waals surface area contributed by atoms with E-state index in [4.69, 9.17) is 16.0 Å². The Morgan fingerprint density at radius 2 is 2.14 bits per heavy atom. The summed E-state index contributed by atoms with van der Waals surface area (Å²) in [6, 6.07) is 3.23. The fourth-order valence-corrected chi connectivity index (χ4v) is 1.45. The van der Waals surface area contributed by atoms with E-state index in [-0.39, 0.29) is 11.0 Å². The number of rotatable bonds is 6. The molecule has 78 valence electrons. The average Bonchev–Trinajstić information content (AvgIpc) is 2.59. The van der Waals surface area contributed by atoms with Crippen molar-refractivity contribution >= 4 is 17.4 Å². The number of hydrogen-bond donors (Lipinski definition) is 0. The molecule has 0 aromatic carbocycles. The number of unbranched alkanes of at least 4 members (excludes halogenated alkanes) is 3. The fourth-order valence-electron chi connectivity index (χ4n) is 1.30. The molecule has 0 aliphatic rings. The van der Waals surface area contributed by atoms with Gasteiger partial charge in [0.2, 0.25) is 0 Å². The first-order chi connectivity index (χ1) is 6.74. The van der Waals surface area contributed by atoms with Crippen molar-refractivity contribution in [2.45, 2.75) is 39.0 Å². The van der Waals surface area contributed by atoms with Crippen molar-refractivity contribution in [3.8, 4) is 0 Å². The van der Waals surface area contributed by atoms with Crippen molar-refractivity contribution < 1.29 is 9.21 Å². The summed E-state index contributed by atoms with van der Waals surface area (Å²) in [6.07, 6.45) is 4.97. The standard InChI is InChI=1S/C11H15ClO2/c1-2-3-4-5-6-9(13)10-7-8-11(12)14-10/h7-8H,2-6H2,1H3. The molecule has 0 fully saturated rings. The molecule has 0 bridgehead atoms. The molecule has 0 amide bonds. The van der Waals surface area contributed by atoms with Gasteiger partial charge in [-0.15, -0.1) is 0 Å². The summed E-state index contributed by atoms with van der Waals surface area (Å²) in [4.78, 5) is 11.5. The first kappa shape index (κ1) is 11.3. The Balaban J connectivity index is 2.29. The lowest BCUT2D eigenvalue weighted by molar-refractivity contribution is 0.0952. The van der Waals surface area contributed by atoms with Gasteiger partial charge in [-0.25, -0.2) is 0 Å². The Bertz CT molecular complexity index is 291. The molecule has 0 spiro atoms. The number of halogens is 1. The lowest BCUT2D eigenvalue weighted by Gasteiger charge is -1.97. The van der Waals surface area contributed by atoms with Crippen molar-refractivity contribution in [2.75, 3.05) is 0 Å². The molecule has 0 aliphatic carbocycles. The highest BCUT2D eigenvalue weighted by Gasteiger charge is 2.09. The van der Waals surface area contributed by atoms with Gasteiger partial charge in [0.25, 0.3) is 0 Å². The summed E-state index contributed by atoms with van der Waals surface area (Å²) in [5, 5.41) is 0.280. The van der Waals surface area contributed by atoms with Crippen molar-refractivity contribution in [3.63, 3.8) is 0 Å². The predicted octanol–water partition coefficient (Wildman–Crippen LogP) is 4.09. The van der Waals surface area contributed by atoms with Gasteiger partial charge >= 0.3 is 0 Å². The largest absolute Gasteiger partial charge is 0.442 e. The number of furan rings is 1. The first-order valence-corrected chi connectivity index (χ1v) is 5.40. The third-order valence-electron chi connectivity index (χ3n) is 2.11. The van der Waals surface area contributed by atoms with E-state index >= 15 is 0 Å². The third kappa shape index (κ3) is 3.54. The van der Waals surface area contributed by atoms with Crippen LogP contribution in [0.5, 0.6) is 0 Å². The van der Waals surface area contributed by atoms with Crippen LogP contribution in [0.15, 0.2) is 16.5 Å². The molecule has 14 heavy (non-hydrogen) atoms. The molecule has 0 saturated carbocycles. The van der Waals surface area contributed by atoms with E-state index in [2.05, 4.69) is 6.92 Å². The summed E-state index contributed by atoms with van der Waals surface area (Å²) < 4.78 is 5.02. The van der Waals surface area contributed by atoms with Crippen LogP contribution in [0.1, 0.15) is 49.6 Å². The lowest BCUT2D eigenvalue weighted by Crippen LogP contribution is -1.96. The van der Waals surface area contributed by atoms with Crippen molar-refractivity contribution in [1.29, 1.82) is 0 Å². The zero-order valence-corrected chi connectivity index (χ0v) is 9.14. The highest BCUT2D eigenvalue weighted by atomic mass is 35.5. The minimum Gasteiger partial charge on any atom is -0.442 e. The average molecular weight is 215 g/mol. The zero-order chi connectivity index (χ0) is 10.4. The minimum atomic E-state index is 0.0491. The van der Waals surface area contributed by atoms with Gasteiger partial charge in [0.15, 0.2) is 16.8 Å². The maximum atomic E-state index is 11.5. The zero-order valence-electron chi connectivity index (χ0n) is 8.38. The molecule has 1 aromatic heterocycles. The number of hydrogen-bond acceptors (Lipinski definition) is 2. The van der Waals surface area contributed by atoms with E-state index in [0.29, 0.717) is 12.2 Å². The van der Waals surface area contributed by atoms with Crippen molar-refractivity contribution in [3.05, 3.63) is 23.1 Å². The molecule has 0 unspecified atom stereocenters. The molecule has 0 saturated heterocycles. The smallest absolute Gasteiger partial charge is 0.198 e. The second-order valence-corrected chi connectivity index (χ2v) is 3.71. The van der Waals surface area contributed by atoms with Crippen LogP contribution < -0.4 is 0 Å². The molecule has 0 radical (unpaired) electrons. The van der Waals surface area contributed by atoms with Gasteiger partial charge in [0.1, 0.15) is 0 Å². The first-order valence-electron chi connectivity index (χ1n) is 5.02. The lowest BCUT2D eigenvalue weighted by atomic mass is 10.1. The Kier molecular flexibility index (Phi) is 4.74. The Hall–Kier alpha value is -0.760. The highest BCUT2D eigenvalue weighted by molar-refractivity contribution is 6.29. The van der Waals surface area contributed by atoms with E-state index in [0.717, 1.165) is 12.8 Å². The number of ketones is 1. The Labute approximate surface area is 89.2 Å². The van der Waals surface area contributed by atoms with Gasteiger partial charge in [-0.1, -0.05) is 26.2 Å². The molecule has 0 aliphatic heterocycles. The number of carbonyl (C=O) groups is 1. The van der Waals surface area contributed by atoms with E-state index in [1.54, 1.807) is 12.1 Å². The molecule has 2 nitrogen and oxygen atoms in total. The van der Waals surface area contributed by atoms with E-state index < -0.39 is 0 Å². The summed E-state index contributed by atoms with van der Waals surface area (Å²) >= 11 is 5.57. The third-order valence-corrected chi connectivity index (χ3v) is 2.31. The molecular formula is C11H15ClO2. The van der Waals surface area contributed by atoms with Crippen LogP contribution in [0.2, 0.25) is 5.22 Å². The topological polar surface area (TPSA) is 30.2 Å². The SMILES string of the molecule is CCCCCCC(=O)c1ccc(Cl)o1. The quantitative estimate of drug-likeness (QED) is 0.528. The van der Waals surface area contributed by atoms with Gasteiger partial charge in [-0.3, -0.25) is 4.79 Å². The van der Waals surface area contributed by atoms with Crippen LogP contribution in [0.25, 0.3) is 0 Å².